The summed E-state index contributed by atoms with van der Waals surface area (Å²) >= 11 is 3.43. The van der Waals surface area contributed by atoms with Crippen LogP contribution in [-0.2, 0) is 6.42 Å². The first-order valence-electron chi connectivity index (χ1n) is 7.51. The summed E-state index contributed by atoms with van der Waals surface area (Å²) in [4.78, 5) is 4.77. The second-order valence-electron chi connectivity index (χ2n) is 6.00. The number of nitrogens with zero attached hydrogens (tertiary/aromatic N) is 2. The lowest BCUT2D eigenvalue weighted by molar-refractivity contribution is 0.181. The maximum Gasteiger partial charge on any atom is 0.126 e. The highest BCUT2D eigenvalue weighted by molar-refractivity contribution is 9.10. The van der Waals surface area contributed by atoms with E-state index in [4.69, 9.17) is 0 Å². The number of rotatable bonds is 4. The molecule has 0 aliphatic carbocycles. The van der Waals surface area contributed by atoms with E-state index < -0.39 is 0 Å². The van der Waals surface area contributed by atoms with E-state index in [1.807, 2.05) is 13.1 Å². The first-order valence-corrected chi connectivity index (χ1v) is 8.30. The average molecular weight is 358 g/mol. The van der Waals surface area contributed by atoms with Crippen molar-refractivity contribution in [2.24, 2.45) is 0 Å². The molecule has 1 aliphatic heterocycles. The zero-order chi connectivity index (χ0) is 15.4. The van der Waals surface area contributed by atoms with Gasteiger partial charge in [0, 0.05) is 23.1 Å². The number of likely N-dealkylation sites (N-methyl/N-ethyl adjacent to an activating group) is 3. The molecule has 0 aromatic heterocycles. The van der Waals surface area contributed by atoms with Crippen LogP contribution in [0.5, 0.6) is 0 Å². The van der Waals surface area contributed by atoms with E-state index in [0.717, 1.165) is 29.7 Å². The van der Waals surface area contributed by atoms with E-state index >= 15 is 0 Å². The van der Waals surface area contributed by atoms with Crippen LogP contribution >= 0.6 is 15.9 Å². The van der Waals surface area contributed by atoms with Crippen LogP contribution in [0.1, 0.15) is 12.0 Å². The molecule has 118 valence electrons. The zero-order valence-electron chi connectivity index (χ0n) is 13.1. The van der Waals surface area contributed by atoms with Gasteiger partial charge in [-0.1, -0.05) is 15.9 Å². The topological polar surface area (TPSA) is 18.5 Å². The van der Waals surface area contributed by atoms with E-state index in [-0.39, 0.29) is 11.9 Å². The van der Waals surface area contributed by atoms with Crippen molar-refractivity contribution in [3.05, 3.63) is 34.1 Å². The SMILES string of the molecule is CNC(Cc1cc(Br)ccc1F)C1CN(C)CCCN1C. The Hall–Kier alpha value is -0.490. The van der Waals surface area contributed by atoms with Gasteiger partial charge in [0.1, 0.15) is 5.82 Å². The van der Waals surface area contributed by atoms with Crippen molar-refractivity contribution in [3.63, 3.8) is 0 Å². The van der Waals surface area contributed by atoms with Crippen LogP contribution < -0.4 is 5.32 Å². The Bertz CT molecular complexity index is 469. The van der Waals surface area contributed by atoms with Gasteiger partial charge in [-0.2, -0.15) is 0 Å². The Labute approximate surface area is 135 Å². The predicted molar refractivity (Wildman–Crippen MR) is 89.2 cm³/mol. The summed E-state index contributed by atoms with van der Waals surface area (Å²) in [6.45, 7) is 3.23. The minimum atomic E-state index is -0.122. The molecule has 2 unspecified atom stereocenters. The first-order chi connectivity index (χ1) is 10.0. The Kier molecular flexibility index (Phi) is 6.17. The van der Waals surface area contributed by atoms with Crippen molar-refractivity contribution in [2.45, 2.75) is 24.9 Å². The number of nitrogens with one attached hydrogen (secondary N) is 1. The lowest BCUT2D eigenvalue weighted by Gasteiger charge is -2.34. The fraction of sp³-hybridized carbons (Fsp3) is 0.625. The highest BCUT2D eigenvalue weighted by atomic mass is 79.9. The molecule has 1 aromatic rings. The highest BCUT2D eigenvalue weighted by Gasteiger charge is 2.28. The van der Waals surface area contributed by atoms with Crippen molar-refractivity contribution in [1.29, 1.82) is 0 Å². The predicted octanol–water partition coefficient (Wildman–Crippen LogP) is 2.35. The monoisotopic (exact) mass is 357 g/mol. The minimum Gasteiger partial charge on any atom is -0.315 e. The molecule has 1 aliphatic rings. The van der Waals surface area contributed by atoms with Crippen molar-refractivity contribution in [3.8, 4) is 0 Å². The largest absolute Gasteiger partial charge is 0.315 e. The Morgan fingerprint density at radius 3 is 2.86 bits per heavy atom. The summed E-state index contributed by atoms with van der Waals surface area (Å²) in [5, 5.41) is 3.40. The molecule has 1 aromatic carbocycles. The lowest BCUT2D eigenvalue weighted by atomic mass is 9.98. The molecule has 1 heterocycles. The molecule has 21 heavy (non-hydrogen) atoms. The second-order valence-corrected chi connectivity index (χ2v) is 6.91. The van der Waals surface area contributed by atoms with E-state index in [1.54, 1.807) is 6.07 Å². The van der Waals surface area contributed by atoms with Gasteiger partial charge >= 0.3 is 0 Å². The van der Waals surface area contributed by atoms with Crippen molar-refractivity contribution in [1.82, 2.24) is 15.1 Å². The minimum absolute atomic E-state index is 0.122. The molecule has 0 bridgehead atoms. The van der Waals surface area contributed by atoms with Crippen LogP contribution in [0.4, 0.5) is 4.39 Å². The number of hydrogen-bond donors (Lipinski definition) is 1. The van der Waals surface area contributed by atoms with Crippen LogP contribution in [0.25, 0.3) is 0 Å². The van der Waals surface area contributed by atoms with Gasteiger partial charge in [0.2, 0.25) is 0 Å². The molecule has 2 rings (SSSR count). The second kappa shape index (κ2) is 7.68. The molecule has 3 nitrogen and oxygen atoms in total. The molecule has 0 saturated carbocycles. The third-order valence-electron chi connectivity index (χ3n) is 4.40. The molecular formula is C16H25BrFN3. The van der Waals surface area contributed by atoms with Gasteiger partial charge in [0.05, 0.1) is 0 Å². The third-order valence-corrected chi connectivity index (χ3v) is 4.89. The standard InChI is InChI=1S/C16H25BrFN3/c1-19-15(10-12-9-13(17)5-6-14(12)18)16-11-20(2)7-4-8-21(16)3/h5-6,9,15-16,19H,4,7-8,10-11H2,1-3H3. The fourth-order valence-electron chi connectivity index (χ4n) is 3.11. The van der Waals surface area contributed by atoms with Gasteiger partial charge in [-0.05, 0) is 70.8 Å². The zero-order valence-corrected chi connectivity index (χ0v) is 14.7. The summed E-state index contributed by atoms with van der Waals surface area (Å²) in [7, 11) is 6.31. The summed E-state index contributed by atoms with van der Waals surface area (Å²) in [6, 6.07) is 5.80. The van der Waals surface area contributed by atoms with Crippen molar-refractivity contribution < 1.29 is 4.39 Å². The van der Waals surface area contributed by atoms with Gasteiger partial charge in [-0.3, -0.25) is 0 Å². The summed E-state index contributed by atoms with van der Waals surface area (Å²) in [5.41, 5.74) is 0.768. The van der Waals surface area contributed by atoms with E-state index in [1.165, 1.54) is 12.5 Å². The molecule has 0 spiro atoms. The third kappa shape index (κ3) is 4.49. The quantitative estimate of drug-likeness (QED) is 0.892. The summed E-state index contributed by atoms with van der Waals surface area (Å²) in [5.74, 6) is -0.122. The van der Waals surface area contributed by atoms with Gasteiger partial charge in [0.15, 0.2) is 0 Å². The molecule has 0 radical (unpaired) electrons. The van der Waals surface area contributed by atoms with E-state index in [9.17, 15) is 4.39 Å². The first kappa shape index (κ1) is 16.9. The fourth-order valence-corrected chi connectivity index (χ4v) is 3.52. The van der Waals surface area contributed by atoms with Crippen LogP contribution in [-0.4, -0.2) is 62.7 Å². The molecule has 0 amide bonds. The molecule has 1 fully saturated rings. The Morgan fingerprint density at radius 1 is 1.38 bits per heavy atom. The van der Waals surface area contributed by atoms with Gasteiger partial charge in [-0.25, -0.2) is 4.39 Å². The van der Waals surface area contributed by atoms with Crippen LogP contribution in [0.2, 0.25) is 0 Å². The van der Waals surface area contributed by atoms with Gasteiger partial charge in [-0.15, -0.1) is 0 Å². The number of benzene rings is 1. The maximum atomic E-state index is 14.0. The Balaban J connectivity index is 2.16. The van der Waals surface area contributed by atoms with Gasteiger partial charge in [0.25, 0.3) is 0 Å². The molecule has 2 atom stereocenters. The van der Waals surface area contributed by atoms with Gasteiger partial charge < -0.3 is 15.1 Å². The van der Waals surface area contributed by atoms with Crippen molar-refractivity contribution in [2.75, 3.05) is 40.8 Å². The van der Waals surface area contributed by atoms with Crippen LogP contribution in [0.15, 0.2) is 22.7 Å². The smallest absolute Gasteiger partial charge is 0.126 e. The number of halogens is 2. The highest BCUT2D eigenvalue weighted by Crippen LogP contribution is 2.20. The average Bonchev–Trinajstić information content (AvgIpc) is 2.61. The molecule has 5 heteroatoms. The lowest BCUT2D eigenvalue weighted by Crippen LogP contribution is -2.52. The van der Waals surface area contributed by atoms with Crippen LogP contribution in [0.3, 0.4) is 0 Å². The van der Waals surface area contributed by atoms with E-state index in [0.29, 0.717) is 12.5 Å². The summed E-state index contributed by atoms with van der Waals surface area (Å²) in [6.07, 6.45) is 1.88. The number of hydrogen-bond acceptors (Lipinski definition) is 3. The van der Waals surface area contributed by atoms with Crippen LogP contribution in [0, 0.1) is 5.82 Å². The van der Waals surface area contributed by atoms with Crippen molar-refractivity contribution >= 4 is 15.9 Å². The van der Waals surface area contributed by atoms with E-state index in [2.05, 4.69) is 45.1 Å². The Morgan fingerprint density at radius 2 is 2.14 bits per heavy atom. The summed E-state index contributed by atoms with van der Waals surface area (Å²) < 4.78 is 14.9. The maximum absolute atomic E-state index is 14.0. The molecule has 1 saturated heterocycles. The molecular weight excluding hydrogens is 333 g/mol. The molecule has 1 N–H and O–H groups in total. The normalized spacial score (nSPS) is 23.0.